The first kappa shape index (κ1) is 17.5. The molecule has 0 aliphatic carbocycles. The summed E-state index contributed by atoms with van der Waals surface area (Å²) in [5, 5.41) is 4.51. The molecule has 4 nitrogen and oxygen atoms in total. The molecule has 24 heavy (non-hydrogen) atoms. The van der Waals surface area contributed by atoms with Crippen LogP contribution in [-0.4, -0.2) is 18.0 Å². The maximum atomic E-state index is 13.2. The normalized spacial score (nSPS) is 12.3. The van der Waals surface area contributed by atoms with E-state index in [9.17, 15) is 22.8 Å². The van der Waals surface area contributed by atoms with Crippen molar-refractivity contribution in [3.63, 3.8) is 0 Å². The Morgan fingerprint density at radius 2 is 1.54 bits per heavy atom. The number of alkyl halides is 3. The van der Waals surface area contributed by atoms with E-state index in [0.29, 0.717) is 5.69 Å². The average Bonchev–Trinajstić information content (AvgIpc) is 2.52. The lowest BCUT2D eigenvalue weighted by atomic mass is 10.1. The van der Waals surface area contributed by atoms with Crippen LogP contribution in [0.2, 0.25) is 0 Å². The molecule has 1 atom stereocenters. The molecule has 0 saturated carbocycles. The molecule has 0 spiro atoms. The van der Waals surface area contributed by atoms with Gasteiger partial charge in [0.1, 0.15) is 0 Å². The fraction of sp³-hybridized carbons (Fsp3) is 0.176. The number of nitrogens with one attached hydrogen (secondary N) is 2. The van der Waals surface area contributed by atoms with Crippen LogP contribution in [0, 0.1) is 0 Å². The predicted molar refractivity (Wildman–Crippen MR) is 83.4 cm³/mol. The number of amides is 2. The minimum atomic E-state index is -4.62. The van der Waals surface area contributed by atoms with Gasteiger partial charge in [-0.1, -0.05) is 30.3 Å². The largest absolute Gasteiger partial charge is 0.412 e. The van der Waals surface area contributed by atoms with Crippen molar-refractivity contribution in [1.29, 1.82) is 0 Å². The smallest absolute Gasteiger partial charge is 0.337 e. The van der Waals surface area contributed by atoms with Gasteiger partial charge in [-0.05, 0) is 29.8 Å². The van der Waals surface area contributed by atoms with Crippen molar-refractivity contribution in [1.82, 2.24) is 5.32 Å². The zero-order chi connectivity index (χ0) is 17.7. The molecule has 0 bridgehead atoms. The molecule has 0 heterocycles. The van der Waals surface area contributed by atoms with E-state index in [0.717, 1.165) is 0 Å². The van der Waals surface area contributed by atoms with Gasteiger partial charge in [0.2, 0.25) is 5.91 Å². The zero-order valence-corrected chi connectivity index (χ0v) is 12.7. The molecule has 0 aliphatic heterocycles. The van der Waals surface area contributed by atoms with Crippen LogP contribution >= 0.6 is 0 Å². The van der Waals surface area contributed by atoms with E-state index in [1.54, 1.807) is 6.07 Å². The van der Waals surface area contributed by atoms with Crippen molar-refractivity contribution in [2.75, 3.05) is 5.32 Å². The molecule has 126 valence electrons. The molecule has 0 aliphatic rings. The Hall–Kier alpha value is -2.83. The van der Waals surface area contributed by atoms with E-state index in [2.05, 4.69) is 5.32 Å². The Balaban J connectivity index is 2.17. The van der Waals surface area contributed by atoms with Crippen LogP contribution in [0.3, 0.4) is 0 Å². The van der Waals surface area contributed by atoms with Crippen molar-refractivity contribution < 1.29 is 22.8 Å². The number of carbonyl (C=O) groups is 2. The number of carbonyl (C=O) groups excluding carboxylic acids is 2. The van der Waals surface area contributed by atoms with Gasteiger partial charge < -0.3 is 10.6 Å². The van der Waals surface area contributed by atoms with Gasteiger partial charge in [0.15, 0.2) is 6.04 Å². The Morgan fingerprint density at radius 1 is 0.958 bits per heavy atom. The van der Waals surface area contributed by atoms with Crippen LogP contribution in [0.4, 0.5) is 18.9 Å². The summed E-state index contributed by atoms with van der Waals surface area (Å²) in [4.78, 5) is 23.0. The lowest BCUT2D eigenvalue weighted by Gasteiger charge is -2.22. The van der Waals surface area contributed by atoms with E-state index in [-0.39, 0.29) is 17.0 Å². The summed E-state index contributed by atoms with van der Waals surface area (Å²) in [5.41, 5.74) is 0.469. The second kappa shape index (κ2) is 7.16. The molecular weight excluding hydrogens is 321 g/mol. The predicted octanol–water partition coefficient (Wildman–Crippen LogP) is 3.68. The van der Waals surface area contributed by atoms with Crippen molar-refractivity contribution in [3.8, 4) is 0 Å². The highest BCUT2D eigenvalue weighted by Gasteiger charge is 2.41. The lowest BCUT2D eigenvalue weighted by molar-refractivity contribution is -0.155. The fourth-order valence-corrected chi connectivity index (χ4v) is 2.12. The van der Waals surface area contributed by atoms with Gasteiger partial charge in [0.25, 0.3) is 5.91 Å². The molecule has 2 amide bonds. The van der Waals surface area contributed by atoms with Gasteiger partial charge in [-0.15, -0.1) is 0 Å². The maximum Gasteiger partial charge on any atom is 0.412 e. The van der Waals surface area contributed by atoms with Gasteiger partial charge in [-0.2, -0.15) is 13.2 Å². The van der Waals surface area contributed by atoms with Crippen molar-refractivity contribution in [2.24, 2.45) is 0 Å². The summed E-state index contributed by atoms with van der Waals surface area (Å²) >= 11 is 0. The molecular formula is C17H15F3N2O2. The summed E-state index contributed by atoms with van der Waals surface area (Å²) in [6, 6.07) is 10.6. The van der Waals surface area contributed by atoms with Gasteiger partial charge in [-0.25, -0.2) is 0 Å². The fourth-order valence-electron chi connectivity index (χ4n) is 2.12. The maximum absolute atomic E-state index is 13.2. The number of rotatable bonds is 4. The third-order valence-corrected chi connectivity index (χ3v) is 3.20. The number of halogens is 3. The number of hydrogen-bond donors (Lipinski definition) is 2. The Kier molecular flexibility index (Phi) is 5.23. The highest BCUT2D eigenvalue weighted by molar-refractivity contribution is 5.95. The Bertz CT molecular complexity index is 713. The first-order valence-electron chi connectivity index (χ1n) is 7.07. The third kappa shape index (κ3) is 4.58. The molecule has 0 radical (unpaired) electrons. The van der Waals surface area contributed by atoms with Crippen molar-refractivity contribution in [2.45, 2.75) is 19.1 Å². The second-order valence-corrected chi connectivity index (χ2v) is 5.12. The average molecular weight is 336 g/mol. The number of hydrogen-bond acceptors (Lipinski definition) is 2. The topological polar surface area (TPSA) is 58.2 Å². The first-order valence-corrected chi connectivity index (χ1v) is 7.07. The molecule has 2 rings (SSSR count). The molecule has 0 saturated heterocycles. The van der Waals surface area contributed by atoms with E-state index in [1.165, 1.54) is 55.5 Å². The van der Waals surface area contributed by atoms with Gasteiger partial charge in [0.05, 0.1) is 0 Å². The van der Waals surface area contributed by atoms with E-state index in [4.69, 9.17) is 0 Å². The van der Waals surface area contributed by atoms with Crippen LogP contribution in [0.25, 0.3) is 0 Å². The minimum Gasteiger partial charge on any atom is -0.337 e. The molecule has 2 aromatic carbocycles. The summed E-state index contributed by atoms with van der Waals surface area (Å²) in [7, 11) is 0. The van der Waals surface area contributed by atoms with Gasteiger partial charge in [-0.3, -0.25) is 9.59 Å². The minimum absolute atomic E-state index is 0.0479. The SMILES string of the molecule is CC(=O)Nc1ccc(C(=O)N[C@H](c2ccccc2)C(F)(F)F)cc1. The summed E-state index contributed by atoms with van der Waals surface area (Å²) in [6.07, 6.45) is -4.62. The van der Waals surface area contributed by atoms with E-state index in [1.807, 2.05) is 5.32 Å². The van der Waals surface area contributed by atoms with Gasteiger partial charge in [0, 0.05) is 18.2 Å². The van der Waals surface area contributed by atoms with Crippen LogP contribution in [-0.2, 0) is 4.79 Å². The van der Waals surface area contributed by atoms with Crippen molar-refractivity contribution >= 4 is 17.5 Å². The molecule has 2 aromatic rings. The monoisotopic (exact) mass is 336 g/mol. The first-order chi connectivity index (χ1) is 11.3. The molecule has 0 aromatic heterocycles. The molecule has 2 N–H and O–H groups in total. The van der Waals surface area contributed by atoms with Crippen LogP contribution in [0.1, 0.15) is 28.9 Å². The molecule has 0 unspecified atom stereocenters. The third-order valence-electron chi connectivity index (χ3n) is 3.20. The number of anilines is 1. The lowest BCUT2D eigenvalue weighted by Crippen LogP contribution is -2.38. The number of benzene rings is 2. The highest BCUT2D eigenvalue weighted by atomic mass is 19.4. The van der Waals surface area contributed by atoms with Gasteiger partial charge >= 0.3 is 6.18 Å². The Morgan fingerprint density at radius 3 is 2.04 bits per heavy atom. The summed E-state index contributed by atoms with van der Waals surface area (Å²) in [5.74, 6) is -1.14. The molecule has 7 heteroatoms. The summed E-state index contributed by atoms with van der Waals surface area (Å²) < 4.78 is 39.7. The zero-order valence-electron chi connectivity index (χ0n) is 12.7. The van der Waals surface area contributed by atoms with Crippen LogP contribution < -0.4 is 10.6 Å². The quantitative estimate of drug-likeness (QED) is 0.895. The Labute approximate surface area is 136 Å². The molecule has 0 fully saturated rings. The van der Waals surface area contributed by atoms with Crippen LogP contribution in [0.5, 0.6) is 0 Å². The van der Waals surface area contributed by atoms with Crippen LogP contribution in [0.15, 0.2) is 54.6 Å². The van der Waals surface area contributed by atoms with E-state index >= 15 is 0 Å². The highest BCUT2D eigenvalue weighted by Crippen LogP contribution is 2.32. The van der Waals surface area contributed by atoms with Crippen molar-refractivity contribution in [3.05, 3.63) is 65.7 Å². The second-order valence-electron chi connectivity index (χ2n) is 5.12. The van der Waals surface area contributed by atoms with E-state index < -0.39 is 18.1 Å². The standard InChI is InChI=1S/C17H15F3N2O2/c1-11(23)21-14-9-7-13(8-10-14)16(24)22-15(17(18,19)20)12-5-3-2-4-6-12/h2-10,15H,1H3,(H,21,23)(H,22,24)/t15-/m1/s1. The summed E-state index contributed by atoms with van der Waals surface area (Å²) in [6.45, 7) is 1.33.